The molecule has 1 aromatic carbocycles. The van der Waals surface area contributed by atoms with Gasteiger partial charge in [-0.05, 0) is 36.6 Å². The maximum absolute atomic E-state index is 11.4. The number of aryl methyl sites for hydroxylation is 1. The number of anilines is 1. The van der Waals surface area contributed by atoms with Crippen LogP contribution in [0, 0.1) is 0 Å². The molecule has 0 fully saturated rings. The molecule has 1 aromatic rings. The van der Waals surface area contributed by atoms with Gasteiger partial charge in [-0.25, -0.2) is 8.42 Å². The van der Waals surface area contributed by atoms with Gasteiger partial charge in [0.25, 0.3) is 0 Å². The Balaban J connectivity index is 2.51. The normalized spacial score (nSPS) is 16.3. The number of fused-ring (bicyclic) bond motifs is 1. The molecule has 3 nitrogen and oxygen atoms in total. The van der Waals surface area contributed by atoms with Crippen molar-refractivity contribution in [2.75, 3.05) is 24.7 Å². The summed E-state index contributed by atoms with van der Waals surface area (Å²) in [6, 6.07) is 5.40. The van der Waals surface area contributed by atoms with E-state index >= 15 is 0 Å². The Bertz CT molecular complexity index is 479. The number of benzene rings is 1. The summed E-state index contributed by atoms with van der Waals surface area (Å²) in [7, 11) is -1.03. The highest BCUT2D eigenvalue weighted by atomic mass is 32.2. The molecule has 15 heavy (non-hydrogen) atoms. The largest absolute Gasteiger partial charge is 0.374 e. The second-order valence-electron chi connectivity index (χ2n) is 4.09. The first kappa shape index (κ1) is 10.5. The van der Waals surface area contributed by atoms with Crippen molar-refractivity contribution in [3.63, 3.8) is 0 Å². The summed E-state index contributed by atoms with van der Waals surface area (Å²) < 4.78 is 22.8. The highest BCUT2D eigenvalue weighted by Gasteiger charge is 2.16. The van der Waals surface area contributed by atoms with Crippen molar-refractivity contribution in [2.45, 2.75) is 17.7 Å². The van der Waals surface area contributed by atoms with Crippen LogP contribution in [-0.2, 0) is 16.3 Å². The van der Waals surface area contributed by atoms with Crippen molar-refractivity contribution in [3.05, 3.63) is 23.8 Å². The van der Waals surface area contributed by atoms with Crippen LogP contribution in [0.25, 0.3) is 0 Å². The first-order valence-corrected chi connectivity index (χ1v) is 6.92. The molecule has 1 aliphatic heterocycles. The van der Waals surface area contributed by atoms with Gasteiger partial charge in [-0.15, -0.1) is 0 Å². The number of sulfone groups is 1. The maximum atomic E-state index is 11.4. The van der Waals surface area contributed by atoms with Crippen molar-refractivity contribution < 1.29 is 8.42 Å². The Morgan fingerprint density at radius 2 is 2.07 bits per heavy atom. The van der Waals surface area contributed by atoms with E-state index in [1.54, 1.807) is 12.1 Å². The molecule has 0 aliphatic carbocycles. The second-order valence-corrected chi connectivity index (χ2v) is 6.10. The van der Waals surface area contributed by atoms with Gasteiger partial charge in [-0.1, -0.05) is 0 Å². The van der Waals surface area contributed by atoms with E-state index in [-0.39, 0.29) is 0 Å². The van der Waals surface area contributed by atoms with Gasteiger partial charge in [0.1, 0.15) is 0 Å². The molecule has 0 aromatic heterocycles. The Kier molecular flexibility index (Phi) is 2.46. The summed E-state index contributed by atoms with van der Waals surface area (Å²) in [5.41, 5.74) is 2.31. The molecular formula is C11H15NO2S. The van der Waals surface area contributed by atoms with Gasteiger partial charge < -0.3 is 4.90 Å². The van der Waals surface area contributed by atoms with Gasteiger partial charge in [-0.3, -0.25) is 0 Å². The van der Waals surface area contributed by atoms with Gasteiger partial charge in [-0.2, -0.15) is 0 Å². The van der Waals surface area contributed by atoms with E-state index in [0.29, 0.717) is 4.90 Å². The van der Waals surface area contributed by atoms with E-state index < -0.39 is 9.84 Å². The lowest BCUT2D eigenvalue weighted by atomic mass is 10.0. The van der Waals surface area contributed by atoms with Gasteiger partial charge in [0, 0.05) is 25.5 Å². The number of nitrogens with zero attached hydrogens (tertiary/aromatic N) is 1. The van der Waals surface area contributed by atoms with Crippen LogP contribution in [-0.4, -0.2) is 28.3 Å². The molecule has 0 bridgehead atoms. The molecule has 1 aliphatic rings. The molecule has 0 radical (unpaired) electrons. The predicted octanol–water partition coefficient (Wildman–Crippen LogP) is 1.47. The molecular weight excluding hydrogens is 210 g/mol. The van der Waals surface area contributed by atoms with Gasteiger partial charge in [0.05, 0.1) is 4.90 Å². The molecule has 0 unspecified atom stereocenters. The highest BCUT2D eigenvalue weighted by molar-refractivity contribution is 7.90. The monoisotopic (exact) mass is 225 g/mol. The van der Waals surface area contributed by atoms with Gasteiger partial charge >= 0.3 is 0 Å². The van der Waals surface area contributed by atoms with E-state index in [1.807, 2.05) is 13.1 Å². The summed E-state index contributed by atoms with van der Waals surface area (Å²) in [5.74, 6) is 0. The fourth-order valence-electron chi connectivity index (χ4n) is 1.99. The minimum Gasteiger partial charge on any atom is -0.374 e. The number of hydrogen-bond acceptors (Lipinski definition) is 3. The lowest BCUT2D eigenvalue weighted by Gasteiger charge is -2.27. The molecule has 2 rings (SSSR count). The van der Waals surface area contributed by atoms with Crippen LogP contribution in [0.5, 0.6) is 0 Å². The SMILES string of the molecule is CN1CCCc2cc(S(C)(=O)=O)ccc21. The third-order valence-electron chi connectivity index (χ3n) is 2.83. The van der Waals surface area contributed by atoms with Crippen LogP contribution in [0.4, 0.5) is 5.69 Å². The lowest BCUT2D eigenvalue weighted by Crippen LogP contribution is -2.24. The Labute approximate surface area is 90.6 Å². The first-order valence-electron chi connectivity index (χ1n) is 5.02. The lowest BCUT2D eigenvalue weighted by molar-refractivity contribution is 0.601. The number of hydrogen-bond donors (Lipinski definition) is 0. The number of rotatable bonds is 1. The standard InChI is InChI=1S/C11H15NO2S/c1-12-7-3-4-9-8-10(15(2,13)14)5-6-11(9)12/h5-6,8H,3-4,7H2,1-2H3. The van der Waals surface area contributed by atoms with Crippen LogP contribution in [0.15, 0.2) is 23.1 Å². The molecule has 0 saturated heterocycles. The summed E-state index contributed by atoms with van der Waals surface area (Å²) >= 11 is 0. The Hall–Kier alpha value is -1.03. The predicted molar refractivity (Wildman–Crippen MR) is 61.1 cm³/mol. The van der Waals surface area contributed by atoms with Crippen molar-refractivity contribution in [3.8, 4) is 0 Å². The van der Waals surface area contributed by atoms with Crippen LogP contribution in [0.3, 0.4) is 0 Å². The van der Waals surface area contributed by atoms with Crippen LogP contribution in [0.2, 0.25) is 0 Å². The van der Waals surface area contributed by atoms with Crippen molar-refractivity contribution >= 4 is 15.5 Å². The third-order valence-corrected chi connectivity index (χ3v) is 3.94. The summed E-state index contributed by atoms with van der Waals surface area (Å²) in [5, 5.41) is 0. The van der Waals surface area contributed by atoms with Crippen molar-refractivity contribution in [2.24, 2.45) is 0 Å². The molecule has 1 heterocycles. The summed E-state index contributed by atoms with van der Waals surface area (Å²) in [6.07, 6.45) is 3.32. The molecule has 0 amide bonds. The molecule has 0 spiro atoms. The zero-order chi connectivity index (χ0) is 11.1. The smallest absolute Gasteiger partial charge is 0.175 e. The van der Waals surface area contributed by atoms with E-state index in [2.05, 4.69) is 4.90 Å². The Morgan fingerprint density at radius 3 is 2.73 bits per heavy atom. The summed E-state index contributed by atoms with van der Waals surface area (Å²) in [6.45, 7) is 1.05. The summed E-state index contributed by atoms with van der Waals surface area (Å²) in [4.78, 5) is 2.60. The van der Waals surface area contributed by atoms with E-state index in [0.717, 1.165) is 30.6 Å². The van der Waals surface area contributed by atoms with Crippen molar-refractivity contribution in [1.29, 1.82) is 0 Å². The van der Waals surface area contributed by atoms with Crippen molar-refractivity contribution in [1.82, 2.24) is 0 Å². The minimum atomic E-state index is -3.07. The molecule has 82 valence electrons. The fourth-order valence-corrected chi connectivity index (χ4v) is 2.66. The second kappa shape index (κ2) is 3.52. The zero-order valence-electron chi connectivity index (χ0n) is 9.03. The van der Waals surface area contributed by atoms with E-state index in [1.165, 1.54) is 6.26 Å². The molecule has 0 N–H and O–H groups in total. The van der Waals surface area contributed by atoms with Crippen LogP contribution in [0.1, 0.15) is 12.0 Å². The third kappa shape index (κ3) is 2.00. The van der Waals surface area contributed by atoms with Gasteiger partial charge in [0.15, 0.2) is 9.84 Å². The molecule has 0 atom stereocenters. The molecule has 4 heteroatoms. The quantitative estimate of drug-likeness (QED) is 0.726. The fraction of sp³-hybridized carbons (Fsp3) is 0.455. The zero-order valence-corrected chi connectivity index (χ0v) is 9.84. The topological polar surface area (TPSA) is 37.4 Å². The van der Waals surface area contributed by atoms with Crippen LogP contribution < -0.4 is 4.90 Å². The van der Waals surface area contributed by atoms with Crippen LogP contribution >= 0.6 is 0 Å². The molecule has 0 saturated carbocycles. The average molecular weight is 225 g/mol. The average Bonchev–Trinajstić information content (AvgIpc) is 2.16. The van der Waals surface area contributed by atoms with Gasteiger partial charge in [0.2, 0.25) is 0 Å². The Morgan fingerprint density at radius 1 is 1.33 bits per heavy atom. The highest BCUT2D eigenvalue weighted by Crippen LogP contribution is 2.28. The van der Waals surface area contributed by atoms with E-state index in [9.17, 15) is 8.42 Å². The van der Waals surface area contributed by atoms with E-state index in [4.69, 9.17) is 0 Å². The first-order chi connectivity index (χ1) is 6.98. The minimum absolute atomic E-state index is 0.427. The maximum Gasteiger partial charge on any atom is 0.175 e.